The summed E-state index contributed by atoms with van der Waals surface area (Å²) in [5.41, 5.74) is 5.74. The van der Waals surface area contributed by atoms with Crippen molar-refractivity contribution >= 4 is 55.0 Å². The molecule has 1 atom stereocenters. The Bertz CT molecular complexity index is 1400. The smallest absolute Gasteiger partial charge is 0.365 e. The second kappa shape index (κ2) is 8.84. The Morgan fingerprint density at radius 2 is 1.91 bits per heavy atom. The van der Waals surface area contributed by atoms with Crippen LogP contribution in [0.3, 0.4) is 0 Å². The molecule has 0 spiro atoms. The molecular weight excluding hydrogens is 535 g/mol. The van der Waals surface area contributed by atoms with E-state index in [-0.39, 0.29) is 26.3 Å². The number of aromatic nitrogens is 3. The van der Waals surface area contributed by atoms with Crippen molar-refractivity contribution in [3.8, 4) is 11.1 Å². The number of hydrogen-bond acceptors (Lipinski definition) is 5. The molecule has 0 saturated carbocycles. The van der Waals surface area contributed by atoms with Crippen LogP contribution in [0.2, 0.25) is 0 Å². The third-order valence-electron chi connectivity index (χ3n) is 5.14. The number of aryl methyl sites for hydroxylation is 1. The Labute approximate surface area is 203 Å². The molecule has 0 saturated heterocycles. The Morgan fingerprint density at radius 3 is 2.47 bits per heavy atom. The number of rotatable bonds is 5. The van der Waals surface area contributed by atoms with Crippen LogP contribution in [0.5, 0.6) is 0 Å². The van der Waals surface area contributed by atoms with E-state index in [1.54, 1.807) is 50.4 Å². The van der Waals surface area contributed by atoms with Gasteiger partial charge in [0.05, 0.1) is 15.9 Å². The van der Waals surface area contributed by atoms with Gasteiger partial charge in [-0.05, 0) is 47.0 Å². The number of benzene rings is 1. The van der Waals surface area contributed by atoms with Crippen molar-refractivity contribution in [1.82, 2.24) is 14.8 Å². The van der Waals surface area contributed by atoms with Crippen molar-refractivity contribution in [2.24, 2.45) is 5.73 Å². The number of nitrogens with one attached hydrogen (secondary N) is 1. The zero-order chi connectivity index (χ0) is 24.8. The first-order valence-electron chi connectivity index (χ1n) is 9.89. The first kappa shape index (κ1) is 23.9. The third-order valence-corrected chi connectivity index (χ3v) is 7.02. The van der Waals surface area contributed by atoms with Gasteiger partial charge in [-0.1, -0.05) is 30.3 Å². The van der Waals surface area contributed by atoms with Crippen LogP contribution in [-0.4, -0.2) is 26.6 Å². The van der Waals surface area contributed by atoms with Gasteiger partial charge in [-0.25, -0.2) is 4.98 Å². The fourth-order valence-corrected chi connectivity index (χ4v) is 4.68. The molecular formula is C22H17BrF3N5O2S. The van der Waals surface area contributed by atoms with Crippen molar-refractivity contribution in [2.45, 2.75) is 26.1 Å². The Morgan fingerprint density at radius 1 is 1.24 bits per heavy atom. The number of hydrogen-bond donors (Lipinski definition) is 2. The number of alkyl halides is 3. The SMILES string of the molecule is Cc1nn(C(C)C(=O)Nc2c(C(N)=O)sc3nc(C(F)(F)F)cc(-c4ccccc4)c23)cc1Br. The minimum atomic E-state index is -4.71. The highest BCUT2D eigenvalue weighted by atomic mass is 79.9. The quantitative estimate of drug-likeness (QED) is 0.339. The summed E-state index contributed by atoms with van der Waals surface area (Å²) in [6.07, 6.45) is -3.08. The lowest BCUT2D eigenvalue weighted by molar-refractivity contribution is -0.140. The molecule has 34 heavy (non-hydrogen) atoms. The summed E-state index contributed by atoms with van der Waals surface area (Å²) in [5, 5.41) is 7.16. The summed E-state index contributed by atoms with van der Waals surface area (Å²) in [4.78, 5) is 28.9. The number of pyridine rings is 1. The number of carbonyl (C=O) groups excluding carboxylic acids is 2. The Balaban J connectivity index is 1.91. The van der Waals surface area contributed by atoms with Gasteiger partial charge in [-0.15, -0.1) is 11.3 Å². The van der Waals surface area contributed by atoms with Gasteiger partial charge in [-0.2, -0.15) is 18.3 Å². The lowest BCUT2D eigenvalue weighted by Crippen LogP contribution is -2.25. The molecule has 12 heteroatoms. The first-order valence-corrected chi connectivity index (χ1v) is 11.5. The van der Waals surface area contributed by atoms with E-state index < -0.39 is 29.7 Å². The number of carbonyl (C=O) groups is 2. The summed E-state index contributed by atoms with van der Waals surface area (Å²) in [6, 6.07) is 8.46. The normalized spacial score (nSPS) is 12.6. The van der Waals surface area contributed by atoms with Crippen LogP contribution in [0.1, 0.15) is 34.0 Å². The summed E-state index contributed by atoms with van der Waals surface area (Å²) < 4.78 is 42.9. The number of fused-ring (bicyclic) bond motifs is 1. The summed E-state index contributed by atoms with van der Waals surface area (Å²) in [6.45, 7) is 3.36. The average molecular weight is 552 g/mol. The van der Waals surface area contributed by atoms with Crippen molar-refractivity contribution in [1.29, 1.82) is 0 Å². The van der Waals surface area contributed by atoms with Gasteiger partial charge in [-0.3, -0.25) is 14.3 Å². The van der Waals surface area contributed by atoms with E-state index in [1.165, 1.54) is 4.68 Å². The molecule has 176 valence electrons. The Kier molecular flexibility index (Phi) is 6.21. The minimum Gasteiger partial charge on any atom is -0.365 e. The second-order valence-electron chi connectivity index (χ2n) is 7.48. The largest absolute Gasteiger partial charge is 0.433 e. The molecule has 7 nitrogen and oxygen atoms in total. The van der Waals surface area contributed by atoms with Crippen LogP contribution in [0.25, 0.3) is 21.3 Å². The van der Waals surface area contributed by atoms with Gasteiger partial charge < -0.3 is 11.1 Å². The molecule has 3 aromatic heterocycles. The predicted octanol–water partition coefficient (Wildman–Crippen LogP) is 5.55. The monoisotopic (exact) mass is 551 g/mol. The molecule has 0 aliphatic rings. The number of primary amides is 1. The summed E-state index contributed by atoms with van der Waals surface area (Å²) in [5.74, 6) is -1.42. The molecule has 0 radical (unpaired) electrons. The van der Waals surface area contributed by atoms with Crippen molar-refractivity contribution in [3.05, 3.63) is 63.3 Å². The van der Waals surface area contributed by atoms with Gasteiger partial charge in [0.25, 0.3) is 5.91 Å². The molecule has 0 aliphatic carbocycles. The molecule has 4 aromatic rings. The van der Waals surface area contributed by atoms with Crippen LogP contribution in [0.4, 0.5) is 18.9 Å². The highest BCUT2D eigenvalue weighted by Crippen LogP contribution is 2.43. The maximum absolute atomic E-state index is 13.6. The van der Waals surface area contributed by atoms with Gasteiger partial charge in [0.1, 0.15) is 21.4 Å². The van der Waals surface area contributed by atoms with Crippen LogP contribution in [0.15, 0.2) is 47.1 Å². The van der Waals surface area contributed by atoms with Gasteiger partial charge in [0, 0.05) is 11.6 Å². The van der Waals surface area contributed by atoms with E-state index in [0.717, 1.165) is 6.07 Å². The number of amides is 2. The Hall–Kier alpha value is -3.25. The van der Waals surface area contributed by atoms with Crippen LogP contribution < -0.4 is 11.1 Å². The number of nitrogens with two attached hydrogens (primary N) is 1. The van der Waals surface area contributed by atoms with Crippen molar-refractivity contribution in [3.63, 3.8) is 0 Å². The van der Waals surface area contributed by atoms with E-state index in [2.05, 4.69) is 31.3 Å². The van der Waals surface area contributed by atoms with Crippen LogP contribution in [0, 0.1) is 6.92 Å². The summed E-state index contributed by atoms with van der Waals surface area (Å²) in [7, 11) is 0. The third kappa shape index (κ3) is 4.42. The molecule has 1 unspecified atom stereocenters. The van der Waals surface area contributed by atoms with E-state index in [1.807, 2.05) is 0 Å². The van der Waals surface area contributed by atoms with Crippen LogP contribution >= 0.6 is 27.3 Å². The molecule has 3 heterocycles. The van der Waals surface area contributed by atoms with E-state index in [9.17, 15) is 22.8 Å². The van der Waals surface area contributed by atoms with E-state index >= 15 is 0 Å². The lowest BCUT2D eigenvalue weighted by Gasteiger charge is -2.15. The van der Waals surface area contributed by atoms with Crippen molar-refractivity contribution in [2.75, 3.05) is 5.32 Å². The average Bonchev–Trinajstić information content (AvgIpc) is 3.32. The van der Waals surface area contributed by atoms with Crippen LogP contribution in [-0.2, 0) is 11.0 Å². The molecule has 2 amide bonds. The molecule has 0 bridgehead atoms. The number of nitrogens with zero attached hydrogens (tertiary/aromatic N) is 3. The zero-order valence-corrected chi connectivity index (χ0v) is 20.2. The molecule has 3 N–H and O–H groups in total. The highest BCUT2D eigenvalue weighted by molar-refractivity contribution is 9.10. The van der Waals surface area contributed by atoms with E-state index in [4.69, 9.17) is 5.73 Å². The van der Waals surface area contributed by atoms with Gasteiger partial charge in [0.2, 0.25) is 5.91 Å². The van der Waals surface area contributed by atoms with E-state index in [0.29, 0.717) is 27.1 Å². The summed E-state index contributed by atoms with van der Waals surface area (Å²) >= 11 is 4.04. The predicted molar refractivity (Wildman–Crippen MR) is 127 cm³/mol. The standard InChI is InChI=1S/C22H17BrF3N5O2S/c1-10-14(23)9-31(30-10)11(2)20(33)29-17-16-13(12-6-4-3-5-7-12)8-15(22(24,25)26)28-21(16)34-18(17)19(27)32/h3-9,11H,1-2H3,(H2,27,32)(H,29,33). The number of thiophene rings is 1. The number of anilines is 1. The lowest BCUT2D eigenvalue weighted by atomic mass is 10.0. The zero-order valence-electron chi connectivity index (χ0n) is 17.8. The molecule has 0 fully saturated rings. The highest BCUT2D eigenvalue weighted by Gasteiger charge is 2.35. The van der Waals surface area contributed by atoms with Crippen molar-refractivity contribution < 1.29 is 22.8 Å². The maximum Gasteiger partial charge on any atom is 0.433 e. The fourth-order valence-electron chi connectivity index (χ4n) is 3.39. The van der Waals surface area contributed by atoms with Gasteiger partial charge >= 0.3 is 6.18 Å². The molecule has 4 rings (SSSR count). The second-order valence-corrected chi connectivity index (χ2v) is 9.33. The molecule has 0 aliphatic heterocycles. The minimum absolute atomic E-state index is 0.0207. The molecule has 1 aromatic carbocycles. The topological polar surface area (TPSA) is 103 Å². The fraction of sp³-hybridized carbons (Fsp3) is 0.182. The first-order chi connectivity index (χ1) is 16.0. The maximum atomic E-state index is 13.6. The number of halogens is 4. The van der Waals surface area contributed by atoms with Gasteiger partial charge in [0.15, 0.2) is 0 Å².